The Morgan fingerprint density at radius 2 is 0.800 bits per heavy atom. The molecule has 0 saturated carbocycles. The lowest BCUT2D eigenvalue weighted by molar-refractivity contribution is -0.137. The van der Waals surface area contributed by atoms with Gasteiger partial charge >= 0.3 is 5.97 Å². The molecule has 0 aromatic rings. The van der Waals surface area contributed by atoms with E-state index in [-0.39, 0.29) is 0 Å². The van der Waals surface area contributed by atoms with Gasteiger partial charge in [0, 0.05) is 13.0 Å². The normalized spacial score (nSPS) is 11.1. The summed E-state index contributed by atoms with van der Waals surface area (Å²) >= 11 is 0. The third-order valence-electron chi connectivity index (χ3n) is 6.66. The summed E-state index contributed by atoms with van der Waals surface area (Å²) in [5.41, 5.74) is 0. The highest BCUT2D eigenvalue weighted by Crippen LogP contribution is 2.12. The van der Waals surface area contributed by atoms with Crippen LogP contribution in [-0.4, -0.2) is 22.8 Å². The van der Waals surface area contributed by atoms with Gasteiger partial charge in [0.25, 0.3) is 0 Å². The second-order valence-electron chi connectivity index (χ2n) is 10.3. The first-order valence-corrected chi connectivity index (χ1v) is 15.7. The average Bonchev–Trinajstić information content (AvgIpc) is 2.85. The number of aliphatic hydroxyl groups excluding tert-OH is 1. The average molecular weight is 497 g/mol. The molecule has 0 aromatic carbocycles. The van der Waals surface area contributed by atoms with E-state index in [1.54, 1.807) is 0 Å². The molecule has 0 radical (unpaired) electrons. The minimum Gasteiger partial charge on any atom is -0.481 e. The Morgan fingerprint density at radius 1 is 0.486 bits per heavy atom. The molecular weight excluding hydrogens is 432 g/mol. The Labute approximate surface area is 220 Å². The molecule has 0 aliphatic rings. The molecule has 0 aliphatic heterocycles. The van der Waals surface area contributed by atoms with Gasteiger partial charge in [0.1, 0.15) is 0 Å². The summed E-state index contributed by atoms with van der Waals surface area (Å²) in [6.45, 7) is 4.88. The molecule has 3 heteroatoms. The van der Waals surface area contributed by atoms with Crippen LogP contribution in [0.1, 0.15) is 181 Å². The fourth-order valence-electron chi connectivity index (χ4n) is 4.30. The lowest BCUT2D eigenvalue weighted by Gasteiger charge is -2.01. The van der Waals surface area contributed by atoms with E-state index in [2.05, 4.69) is 26.0 Å². The van der Waals surface area contributed by atoms with Crippen molar-refractivity contribution in [3.05, 3.63) is 12.2 Å². The van der Waals surface area contributed by atoms with Crippen molar-refractivity contribution in [2.45, 2.75) is 181 Å². The summed E-state index contributed by atoms with van der Waals surface area (Å²) < 4.78 is 0. The lowest BCUT2D eigenvalue weighted by Crippen LogP contribution is -1.93. The standard InChI is InChI=1S/C18H36O.C14H28O2/c1-2-3-4-5-6-7-8-9-10-11-12-13-14-15-16-17-18-19;1-2-3-4-5-6-7-8-9-10-11-12-13-14(15)16/h9-10,19H,2-8,11-18H2,1H3;2-13H2,1H3,(H,15,16). The zero-order valence-corrected chi connectivity index (χ0v) is 24.0. The fraction of sp³-hybridized carbons (Fsp3) is 0.906. The van der Waals surface area contributed by atoms with Crippen LogP contribution in [0.3, 0.4) is 0 Å². The van der Waals surface area contributed by atoms with Gasteiger partial charge < -0.3 is 10.2 Å². The van der Waals surface area contributed by atoms with Crippen LogP contribution in [0, 0.1) is 0 Å². The molecule has 0 atom stereocenters. The van der Waals surface area contributed by atoms with E-state index in [0.717, 1.165) is 19.3 Å². The Kier molecular flexibility index (Phi) is 36.7. The Balaban J connectivity index is 0. The molecule has 0 spiro atoms. The summed E-state index contributed by atoms with van der Waals surface area (Å²) in [5, 5.41) is 17.1. The third-order valence-corrected chi connectivity index (χ3v) is 6.66. The number of aliphatic carboxylic acids is 1. The summed E-state index contributed by atoms with van der Waals surface area (Å²) in [6.07, 6.45) is 37.6. The molecule has 3 nitrogen and oxygen atoms in total. The van der Waals surface area contributed by atoms with Crippen LogP contribution in [-0.2, 0) is 4.79 Å². The molecule has 0 bridgehead atoms. The van der Waals surface area contributed by atoms with E-state index < -0.39 is 5.97 Å². The van der Waals surface area contributed by atoms with Gasteiger partial charge in [0.15, 0.2) is 0 Å². The quantitative estimate of drug-likeness (QED) is 0.0878. The minimum atomic E-state index is -0.657. The van der Waals surface area contributed by atoms with Crippen LogP contribution < -0.4 is 0 Å². The van der Waals surface area contributed by atoms with E-state index in [4.69, 9.17) is 10.2 Å². The second kappa shape index (κ2) is 35.3. The third kappa shape index (κ3) is 40.6. The molecule has 0 aromatic heterocycles. The predicted molar refractivity (Wildman–Crippen MR) is 155 cm³/mol. The summed E-state index contributed by atoms with van der Waals surface area (Å²) in [7, 11) is 0. The first kappa shape index (κ1) is 36.3. The maximum atomic E-state index is 10.3. The van der Waals surface area contributed by atoms with Gasteiger partial charge in [-0.05, 0) is 38.5 Å². The number of hydrogen-bond donors (Lipinski definition) is 2. The van der Waals surface area contributed by atoms with Gasteiger partial charge in [0.05, 0.1) is 0 Å². The topological polar surface area (TPSA) is 57.5 Å². The van der Waals surface area contributed by atoms with Gasteiger partial charge in [-0.2, -0.15) is 0 Å². The van der Waals surface area contributed by atoms with Crippen molar-refractivity contribution in [1.82, 2.24) is 0 Å². The SMILES string of the molecule is CCCCCCCCC=CCCCCCCCCO.CCCCCCCCCCCCCC(=O)O. The summed E-state index contributed by atoms with van der Waals surface area (Å²) in [6, 6.07) is 0. The van der Waals surface area contributed by atoms with Gasteiger partial charge in [-0.1, -0.05) is 148 Å². The summed E-state index contributed by atoms with van der Waals surface area (Å²) in [5.74, 6) is -0.657. The maximum Gasteiger partial charge on any atom is 0.303 e. The first-order chi connectivity index (χ1) is 17.2. The van der Waals surface area contributed by atoms with Crippen molar-refractivity contribution in [3.8, 4) is 0 Å². The van der Waals surface area contributed by atoms with Crippen molar-refractivity contribution < 1.29 is 15.0 Å². The second-order valence-corrected chi connectivity index (χ2v) is 10.3. The van der Waals surface area contributed by atoms with Crippen LogP contribution in [0.25, 0.3) is 0 Å². The van der Waals surface area contributed by atoms with E-state index in [1.807, 2.05) is 0 Å². The van der Waals surface area contributed by atoms with E-state index in [9.17, 15) is 4.79 Å². The molecule has 0 saturated heterocycles. The van der Waals surface area contributed by atoms with Gasteiger partial charge in [-0.3, -0.25) is 4.79 Å². The van der Waals surface area contributed by atoms with E-state index >= 15 is 0 Å². The summed E-state index contributed by atoms with van der Waals surface area (Å²) in [4.78, 5) is 10.3. The van der Waals surface area contributed by atoms with Crippen molar-refractivity contribution in [1.29, 1.82) is 0 Å². The highest BCUT2D eigenvalue weighted by Gasteiger charge is 1.96. The Bertz CT molecular complexity index is 406. The number of rotatable bonds is 27. The van der Waals surface area contributed by atoms with Gasteiger partial charge in [0.2, 0.25) is 0 Å². The van der Waals surface area contributed by atoms with Gasteiger partial charge in [-0.15, -0.1) is 0 Å². The molecule has 35 heavy (non-hydrogen) atoms. The minimum absolute atomic E-state index is 0.344. The number of hydrogen-bond acceptors (Lipinski definition) is 2. The van der Waals surface area contributed by atoms with E-state index in [0.29, 0.717) is 13.0 Å². The molecule has 0 fully saturated rings. The zero-order valence-electron chi connectivity index (χ0n) is 24.0. The van der Waals surface area contributed by atoms with Crippen molar-refractivity contribution in [3.63, 3.8) is 0 Å². The molecule has 0 heterocycles. The van der Waals surface area contributed by atoms with Crippen molar-refractivity contribution >= 4 is 5.97 Å². The molecule has 2 N–H and O–H groups in total. The first-order valence-electron chi connectivity index (χ1n) is 15.7. The number of aliphatic hydroxyl groups is 1. The van der Waals surface area contributed by atoms with E-state index in [1.165, 1.54) is 141 Å². The Morgan fingerprint density at radius 3 is 1.14 bits per heavy atom. The number of carbonyl (C=O) groups is 1. The fourth-order valence-corrected chi connectivity index (χ4v) is 4.30. The molecule has 0 aliphatic carbocycles. The maximum absolute atomic E-state index is 10.3. The number of unbranched alkanes of at least 4 members (excludes halogenated alkanes) is 22. The number of carboxylic acid groups (broad SMARTS) is 1. The molecule has 0 rings (SSSR count). The number of allylic oxidation sites excluding steroid dienone is 2. The van der Waals surface area contributed by atoms with Crippen LogP contribution in [0.15, 0.2) is 12.2 Å². The van der Waals surface area contributed by atoms with Gasteiger partial charge in [-0.25, -0.2) is 0 Å². The Hall–Kier alpha value is -0.830. The van der Waals surface area contributed by atoms with Crippen LogP contribution >= 0.6 is 0 Å². The smallest absolute Gasteiger partial charge is 0.303 e. The van der Waals surface area contributed by atoms with Crippen LogP contribution in [0.5, 0.6) is 0 Å². The van der Waals surface area contributed by atoms with Crippen LogP contribution in [0.4, 0.5) is 0 Å². The highest BCUT2D eigenvalue weighted by atomic mass is 16.4. The molecule has 0 amide bonds. The lowest BCUT2D eigenvalue weighted by atomic mass is 10.1. The van der Waals surface area contributed by atoms with Crippen molar-refractivity contribution in [2.24, 2.45) is 0 Å². The predicted octanol–water partition coefficient (Wildman–Crippen LogP) is 10.8. The molecular formula is C32H64O3. The molecule has 0 unspecified atom stereocenters. The zero-order chi connectivity index (χ0) is 26.1. The highest BCUT2D eigenvalue weighted by molar-refractivity contribution is 5.66. The van der Waals surface area contributed by atoms with Crippen molar-refractivity contribution in [2.75, 3.05) is 6.61 Å². The molecule has 210 valence electrons. The largest absolute Gasteiger partial charge is 0.481 e. The van der Waals surface area contributed by atoms with Crippen LogP contribution in [0.2, 0.25) is 0 Å². The monoisotopic (exact) mass is 496 g/mol. The number of carboxylic acids is 1.